The molecule has 0 amide bonds. The van der Waals surface area contributed by atoms with Gasteiger partial charge in [-0.2, -0.15) is 0 Å². The maximum absolute atomic E-state index is 11.1. The molecule has 0 unspecified atom stereocenters. The Morgan fingerprint density at radius 3 is 1.12 bits per heavy atom. The van der Waals surface area contributed by atoms with Crippen LogP contribution in [0.5, 0.6) is 0 Å². The number of hydrogen-bond donors (Lipinski definition) is 2. The van der Waals surface area contributed by atoms with Gasteiger partial charge in [0.2, 0.25) is 0 Å². The highest BCUT2D eigenvalue weighted by molar-refractivity contribution is 14.1. The predicted octanol–water partition coefficient (Wildman–Crippen LogP) is 3.50. The van der Waals surface area contributed by atoms with E-state index in [1.807, 2.05) is 90.4 Å². The second-order valence-electron chi connectivity index (χ2n) is 2.62. The van der Waals surface area contributed by atoms with E-state index in [1.54, 1.807) is 0 Å². The number of carbonyl (C=O) groups is 2. The number of benzene rings is 1. The Morgan fingerprint density at radius 2 is 0.938 bits per heavy atom. The lowest BCUT2D eigenvalue weighted by molar-refractivity contribution is 0.0649. The van der Waals surface area contributed by atoms with Gasteiger partial charge in [-0.15, -0.1) is 0 Å². The summed E-state index contributed by atoms with van der Waals surface area (Å²) in [6.07, 6.45) is 0. The highest BCUT2D eigenvalue weighted by Crippen LogP contribution is 2.32. The monoisotopic (exact) mass is 670 g/mol. The minimum atomic E-state index is -1.21. The van der Waals surface area contributed by atoms with Crippen molar-refractivity contribution in [1.82, 2.24) is 0 Å². The summed E-state index contributed by atoms with van der Waals surface area (Å²) in [6.45, 7) is 0. The van der Waals surface area contributed by atoms with Crippen molar-refractivity contribution in [3.8, 4) is 0 Å². The fourth-order valence-corrected chi connectivity index (χ4v) is 4.68. The van der Waals surface area contributed by atoms with Gasteiger partial charge in [0.05, 0.1) is 11.1 Å². The molecule has 0 aromatic heterocycles. The van der Waals surface area contributed by atoms with Crippen molar-refractivity contribution in [2.24, 2.45) is 0 Å². The van der Waals surface area contributed by atoms with Gasteiger partial charge in [0, 0.05) is 14.3 Å². The summed E-state index contributed by atoms with van der Waals surface area (Å²) in [4.78, 5) is 22.2. The summed E-state index contributed by atoms with van der Waals surface area (Å²) in [5, 5.41) is 18.1. The van der Waals surface area contributed by atoms with Crippen LogP contribution in [0.15, 0.2) is 0 Å². The minimum Gasteiger partial charge on any atom is -0.478 e. The molecule has 0 fully saturated rings. The molecule has 0 heterocycles. The summed E-state index contributed by atoms with van der Waals surface area (Å²) in [6, 6.07) is 0. The SMILES string of the molecule is O=C(O)c1c(I)c(I)c(I)c(I)c1C(=O)O. The lowest BCUT2D eigenvalue weighted by Gasteiger charge is -2.11. The highest BCUT2D eigenvalue weighted by Gasteiger charge is 2.27. The molecule has 86 valence electrons. The van der Waals surface area contributed by atoms with Crippen LogP contribution in [-0.2, 0) is 0 Å². The van der Waals surface area contributed by atoms with E-state index >= 15 is 0 Å². The number of hydrogen-bond acceptors (Lipinski definition) is 2. The molecule has 1 aromatic rings. The zero-order chi connectivity index (χ0) is 12.6. The maximum atomic E-state index is 11.1. The summed E-state index contributed by atoms with van der Waals surface area (Å²) in [5.74, 6) is -2.43. The Kier molecular flexibility index (Phi) is 5.50. The van der Waals surface area contributed by atoms with Crippen LogP contribution < -0.4 is 0 Å². The maximum Gasteiger partial charge on any atom is 0.337 e. The quantitative estimate of drug-likeness (QED) is 0.288. The summed E-state index contributed by atoms with van der Waals surface area (Å²) in [7, 11) is 0. The van der Waals surface area contributed by atoms with Gasteiger partial charge in [-0.1, -0.05) is 0 Å². The predicted molar refractivity (Wildman–Crippen MR) is 91.2 cm³/mol. The molecule has 0 aliphatic rings. The molecule has 8 heteroatoms. The molecule has 4 nitrogen and oxygen atoms in total. The van der Waals surface area contributed by atoms with Crippen LogP contribution in [-0.4, -0.2) is 22.2 Å². The van der Waals surface area contributed by atoms with Crippen molar-refractivity contribution >= 4 is 102 Å². The molecule has 0 saturated carbocycles. The molecular formula is C8H2I4O4. The van der Waals surface area contributed by atoms with Crippen LogP contribution >= 0.6 is 90.4 Å². The van der Waals surface area contributed by atoms with Gasteiger partial charge in [0.15, 0.2) is 0 Å². The van der Waals surface area contributed by atoms with Crippen LogP contribution in [0.4, 0.5) is 0 Å². The summed E-state index contributed by atoms with van der Waals surface area (Å²) in [5.41, 5.74) is -0.273. The second kappa shape index (κ2) is 5.81. The molecule has 0 saturated heterocycles. The third-order valence-corrected chi connectivity index (χ3v) is 9.11. The first kappa shape index (κ1) is 15.1. The number of carboxylic acids is 2. The Bertz CT molecular complexity index is 453. The smallest absolute Gasteiger partial charge is 0.337 e. The van der Waals surface area contributed by atoms with E-state index in [0.717, 1.165) is 7.14 Å². The Hall–Kier alpha value is 1.08. The third-order valence-electron chi connectivity index (χ3n) is 1.69. The van der Waals surface area contributed by atoms with Gasteiger partial charge in [-0.25, -0.2) is 9.59 Å². The molecular weight excluding hydrogens is 668 g/mol. The van der Waals surface area contributed by atoms with Crippen molar-refractivity contribution < 1.29 is 19.8 Å². The van der Waals surface area contributed by atoms with E-state index in [4.69, 9.17) is 10.2 Å². The number of carboxylic acid groups (broad SMARTS) is 2. The summed E-state index contributed by atoms with van der Waals surface area (Å²) < 4.78 is 2.47. The zero-order valence-corrected chi connectivity index (χ0v) is 15.9. The molecule has 0 spiro atoms. The van der Waals surface area contributed by atoms with Crippen LogP contribution in [0.25, 0.3) is 0 Å². The Labute approximate surface area is 145 Å². The van der Waals surface area contributed by atoms with Crippen molar-refractivity contribution in [2.45, 2.75) is 0 Å². The van der Waals surface area contributed by atoms with Crippen LogP contribution in [0.2, 0.25) is 0 Å². The standard InChI is InChI=1S/C8H2I4O4/c9-3-1(7(13)14)2(8(15)16)4(10)6(12)5(3)11/h(H,13,14)(H,15,16). The van der Waals surface area contributed by atoms with Gasteiger partial charge >= 0.3 is 11.9 Å². The minimum absolute atomic E-state index is 0.137. The van der Waals surface area contributed by atoms with E-state index in [-0.39, 0.29) is 11.1 Å². The normalized spacial score (nSPS) is 10.2. The first-order chi connectivity index (χ1) is 7.29. The fourth-order valence-electron chi connectivity index (χ4n) is 1.03. The van der Waals surface area contributed by atoms with Crippen molar-refractivity contribution in [1.29, 1.82) is 0 Å². The third kappa shape index (κ3) is 2.73. The zero-order valence-electron chi connectivity index (χ0n) is 7.22. The topological polar surface area (TPSA) is 74.6 Å². The van der Waals surface area contributed by atoms with E-state index in [1.165, 1.54) is 0 Å². The molecule has 0 bridgehead atoms. The van der Waals surface area contributed by atoms with Gasteiger partial charge in [0.1, 0.15) is 0 Å². The average molecular weight is 670 g/mol. The lowest BCUT2D eigenvalue weighted by atomic mass is 10.1. The first-order valence-corrected chi connectivity index (χ1v) is 7.93. The van der Waals surface area contributed by atoms with E-state index in [9.17, 15) is 9.59 Å². The molecule has 0 radical (unpaired) electrons. The molecule has 1 rings (SSSR count). The average Bonchev–Trinajstić information content (AvgIpc) is 2.18. The molecule has 1 aromatic carbocycles. The molecule has 0 aliphatic carbocycles. The van der Waals surface area contributed by atoms with Gasteiger partial charge in [-0.3, -0.25) is 0 Å². The van der Waals surface area contributed by atoms with Crippen molar-refractivity contribution in [2.75, 3.05) is 0 Å². The molecule has 16 heavy (non-hydrogen) atoms. The molecule has 2 N–H and O–H groups in total. The van der Waals surface area contributed by atoms with Crippen molar-refractivity contribution in [3.63, 3.8) is 0 Å². The van der Waals surface area contributed by atoms with Gasteiger partial charge in [0.25, 0.3) is 0 Å². The van der Waals surface area contributed by atoms with E-state index in [0.29, 0.717) is 7.14 Å². The Balaban J connectivity index is 3.83. The van der Waals surface area contributed by atoms with Crippen LogP contribution in [0.3, 0.4) is 0 Å². The van der Waals surface area contributed by atoms with E-state index in [2.05, 4.69) is 0 Å². The fraction of sp³-hybridized carbons (Fsp3) is 0. The molecule has 0 atom stereocenters. The van der Waals surface area contributed by atoms with Crippen molar-refractivity contribution in [3.05, 3.63) is 25.4 Å². The number of halogens is 4. The van der Waals surface area contributed by atoms with Gasteiger partial charge < -0.3 is 10.2 Å². The number of aromatic carboxylic acids is 2. The highest BCUT2D eigenvalue weighted by atomic mass is 127. The first-order valence-electron chi connectivity index (χ1n) is 3.61. The number of rotatable bonds is 2. The Morgan fingerprint density at radius 1 is 0.688 bits per heavy atom. The summed E-state index contributed by atoms with van der Waals surface area (Å²) >= 11 is 7.76. The van der Waals surface area contributed by atoms with E-state index < -0.39 is 11.9 Å². The lowest BCUT2D eigenvalue weighted by Crippen LogP contribution is -2.15. The van der Waals surface area contributed by atoms with Crippen LogP contribution in [0.1, 0.15) is 20.7 Å². The second-order valence-corrected chi connectivity index (χ2v) is 6.93. The van der Waals surface area contributed by atoms with Gasteiger partial charge in [-0.05, 0) is 90.4 Å². The largest absolute Gasteiger partial charge is 0.478 e. The van der Waals surface area contributed by atoms with Crippen LogP contribution in [0, 0.1) is 14.3 Å². The molecule has 0 aliphatic heterocycles.